The Morgan fingerprint density at radius 1 is 1.39 bits per heavy atom. The Balaban J connectivity index is 2.27. The van der Waals surface area contributed by atoms with Crippen LogP contribution in [-0.2, 0) is 6.54 Å². The van der Waals surface area contributed by atoms with E-state index in [1.54, 1.807) is 12.3 Å². The maximum atomic E-state index is 11.7. The summed E-state index contributed by atoms with van der Waals surface area (Å²) in [6.07, 6.45) is 5.02. The van der Waals surface area contributed by atoms with E-state index in [-0.39, 0.29) is 5.91 Å². The average molecular weight is 249 g/mol. The molecule has 0 spiro atoms. The van der Waals surface area contributed by atoms with Gasteiger partial charge in [0.15, 0.2) is 0 Å². The first kappa shape index (κ1) is 14.6. The fourth-order valence-electron chi connectivity index (χ4n) is 1.65. The van der Waals surface area contributed by atoms with E-state index in [4.69, 9.17) is 5.73 Å². The lowest BCUT2D eigenvalue weighted by atomic mass is 10.1. The number of rotatable bonds is 7. The zero-order valence-corrected chi connectivity index (χ0v) is 11.3. The zero-order chi connectivity index (χ0) is 13.4. The van der Waals surface area contributed by atoms with Crippen molar-refractivity contribution < 1.29 is 4.79 Å². The number of hydrogen-bond acceptors (Lipinski definition) is 3. The van der Waals surface area contributed by atoms with Crippen molar-refractivity contribution in [1.82, 2.24) is 10.3 Å². The summed E-state index contributed by atoms with van der Waals surface area (Å²) in [4.78, 5) is 15.8. The van der Waals surface area contributed by atoms with Gasteiger partial charge in [-0.25, -0.2) is 0 Å². The van der Waals surface area contributed by atoms with E-state index in [1.165, 1.54) is 6.42 Å². The van der Waals surface area contributed by atoms with Crippen LogP contribution in [0.5, 0.6) is 0 Å². The number of aromatic nitrogens is 1. The van der Waals surface area contributed by atoms with E-state index < -0.39 is 0 Å². The lowest BCUT2D eigenvalue weighted by Gasteiger charge is -2.06. The molecule has 0 aliphatic rings. The first-order valence-electron chi connectivity index (χ1n) is 6.56. The molecule has 0 saturated heterocycles. The van der Waals surface area contributed by atoms with Crippen molar-refractivity contribution in [2.45, 2.75) is 39.7 Å². The molecule has 0 bridgehead atoms. The second kappa shape index (κ2) is 7.82. The molecule has 4 heteroatoms. The summed E-state index contributed by atoms with van der Waals surface area (Å²) in [7, 11) is 0. The molecular formula is C14H23N3O. The van der Waals surface area contributed by atoms with Crippen LogP contribution < -0.4 is 11.1 Å². The molecule has 18 heavy (non-hydrogen) atoms. The molecule has 0 unspecified atom stereocenters. The van der Waals surface area contributed by atoms with Crippen LogP contribution in [0.4, 0.5) is 0 Å². The Bertz CT molecular complexity index is 360. The predicted molar refractivity (Wildman–Crippen MR) is 73.2 cm³/mol. The number of nitrogens with zero attached hydrogens (tertiary/aromatic N) is 1. The first-order valence-corrected chi connectivity index (χ1v) is 6.56. The van der Waals surface area contributed by atoms with Gasteiger partial charge in [0, 0.05) is 19.3 Å². The van der Waals surface area contributed by atoms with Crippen LogP contribution in [0.15, 0.2) is 18.3 Å². The van der Waals surface area contributed by atoms with E-state index >= 15 is 0 Å². The van der Waals surface area contributed by atoms with Gasteiger partial charge in [0.2, 0.25) is 0 Å². The number of nitrogens with two attached hydrogens (primary N) is 1. The maximum absolute atomic E-state index is 11.7. The van der Waals surface area contributed by atoms with Crippen molar-refractivity contribution in [1.29, 1.82) is 0 Å². The Morgan fingerprint density at radius 3 is 2.72 bits per heavy atom. The van der Waals surface area contributed by atoms with Crippen LogP contribution in [0, 0.1) is 5.92 Å². The van der Waals surface area contributed by atoms with Crippen molar-refractivity contribution in [2.24, 2.45) is 11.7 Å². The summed E-state index contributed by atoms with van der Waals surface area (Å²) in [5.41, 5.74) is 6.86. The lowest BCUT2D eigenvalue weighted by molar-refractivity contribution is 0.0948. The summed E-state index contributed by atoms with van der Waals surface area (Å²) in [6.45, 7) is 5.58. The van der Waals surface area contributed by atoms with Crippen molar-refractivity contribution in [3.05, 3.63) is 29.6 Å². The third-order valence-electron chi connectivity index (χ3n) is 2.79. The van der Waals surface area contributed by atoms with Crippen LogP contribution >= 0.6 is 0 Å². The highest BCUT2D eigenvalue weighted by Crippen LogP contribution is 2.05. The summed E-state index contributed by atoms with van der Waals surface area (Å²) >= 11 is 0. The minimum Gasteiger partial charge on any atom is -0.351 e. The molecule has 1 amide bonds. The Morgan fingerprint density at radius 2 is 2.17 bits per heavy atom. The van der Waals surface area contributed by atoms with E-state index in [9.17, 15) is 4.79 Å². The summed E-state index contributed by atoms with van der Waals surface area (Å²) in [6, 6.07) is 3.55. The molecule has 1 rings (SSSR count). The van der Waals surface area contributed by atoms with Crippen LogP contribution in [-0.4, -0.2) is 17.4 Å². The average Bonchev–Trinajstić information content (AvgIpc) is 2.38. The standard InChI is InChI=1S/C14H23N3O/c1-11(2)5-3-4-8-16-14(18)13-7-6-12(9-15)10-17-13/h6-7,10-11H,3-5,8-9,15H2,1-2H3,(H,16,18). The fraction of sp³-hybridized carbons (Fsp3) is 0.571. The molecule has 0 aliphatic heterocycles. The van der Waals surface area contributed by atoms with E-state index in [1.807, 2.05) is 6.07 Å². The largest absolute Gasteiger partial charge is 0.351 e. The number of carbonyl (C=O) groups is 1. The van der Waals surface area contributed by atoms with Gasteiger partial charge in [0.25, 0.3) is 5.91 Å². The minimum atomic E-state index is -0.108. The fourth-order valence-corrected chi connectivity index (χ4v) is 1.65. The van der Waals surface area contributed by atoms with Gasteiger partial charge >= 0.3 is 0 Å². The predicted octanol–water partition coefficient (Wildman–Crippen LogP) is 2.10. The normalized spacial score (nSPS) is 10.7. The maximum Gasteiger partial charge on any atom is 0.269 e. The van der Waals surface area contributed by atoms with Gasteiger partial charge in [0.1, 0.15) is 5.69 Å². The van der Waals surface area contributed by atoms with E-state index in [0.29, 0.717) is 18.8 Å². The summed E-state index contributed by atoms with van der Waals surface area (Å²) < 4.78 is 0. The number of amides is 1. The van der Waals surface area contributed by atoms with Crippen molar-refractivity contribution in [2.75, 3.05) is 6.54 Å². The quantitative estimate of drug-likeness (QED) is 0.727. The smallest absolute Gasteiger partial charge is 0.269 e. The van der Waals surface area contributed by atoms with Gasteiger partial charge in [-0.15, -0.1) is 0 Å². The second-order valence-corrected chi connectivity index (χ2v) is 4.90. The van der Waals surface area contributed by atoms with Crippen LogP contribution in [0.3, 0.4) is 0 Å². The van der Waals surface area contributed by atoms with Crippen LogP contribution in [0.1, 0.15) is 49.2 Å². The molecule has 0 aliphatic carbocycles. The molecule has 0 fully saturated rings. The van der Waals surface area contributed by atoms with Crippen molar-refractivity contribution >= 4 is 5.91 Å². The van der Waals surface area contributed by atoms with Gasteiger partial charge < -0.3 is 11.1 Å². The van der Waals surface area contributed by atoms with Crippen molar-refractivity contribution in [3.8, 4) is 0 Å². The molecule has 0 aromatic carbocycles. The molecule has 0 saturated carbocycles. The monoisotopic (exact) mass is 249 g/mol. The highest BCUT2D eigenvalue weighted by molar-refractivity contribution is 5.92. The van der Waals surface area contributed by atoms with Gasteiger partial charge in [-0.2, -0.15) is 0 Å². The van der Waals surface area contributed by atoms with Crippen molar-refractivity contribution in [3.63, 3.8) is 0 Å². The van der Waals surface area contributed by atoms with Gasteiger partial charge in [0.05, 0.1) is 0 Å². The SMILES string of the molecule is CC(C)CCCCNC(=O)c1ccc(CN)cn1. The molecule has 1 aromatic rings. The highest BCUT2D eigenvalue weighted by Gasteiger charge is 2.05. The number of hydrogen-bond donors (Lipinski definition) is 2. The van der Waals surface area contributed by atoms with Crippen LogP contribution in [0.2, 0.25) is 0 Å². The molecule has 0 atom stereocenters. The zero-order valence-electron chi connectivity index (χ0n) is 11.3. The number of pyridine rings is 1. The third-order valence-corrected chi connectivity index (χ3v) is 2.79. The minimum absolute atomic E-state index is 0.108. The second-order valence-electron chi connectivity index (χ2n) is 4.90. The van der Waals surface area contributed by atoms with Crippen LogP contribution in [0.25, 0.3) is 0 Å². The summed E-state index contributed by atoms with van der Waals surface area (Å²) in [5, 5.41) is 2.88. The first-order chi connectivity index (χ1) is 8.63. The third kappa shape index (κ3) is 5.27. The van der Waals surface area contributed by atoms with Gasteiger partial charge in [-0.05, 0) is 24.0 Å². The number of carbonyl (C=O) groups excluding carboxylic acids is 1. The Hall–Kier alpha value is -1.42. The Labute approximate surface area is 109 Å². The molecule has 3 N–H and O–H groups in total. The molecular weight excluding hydrogens is 226 g/mol. The molecule has 1 aromatic heterocycles. The van der Waals surface area contributed by atoms with E-state index in [0.717, 1.165) is 24.3 Å². The molecule has 100 valence electrons. The Kier molecular flexibility index (Phi) is 6.36. The molecule has 1 heterocycles. The van der Waals surface area contributed by atoms with Gasteiger partial charge in [-0.1, -0.05) is 32.8 Å². The number of unbranched alkanes of at least 4 members (excludes halogenated alkanes) is 1. The molecule has 4 nitrogen and oxygen atoms in total. The van der Waals surface area contributed by atoms with Gasteiger partial charge in [-0.3, -0.25) is 9.78 Å². The molecule has 0 radical (unpaired) electrons. The lowest BCUT2D eigenvalue weighted by Crippen LogP contribution is -2.25. The summed E-state index contributed by atoms with van der Waals surface area (Å²) in [5.74, 6) is 0.620. The highest BCUT2D eigenvalue weighted by atomic mass is 16.1. The van der Waals surface area contributed by atoms with E-state index in [2.05, 4.69) is 24.1 Å². The topological polar surface area (TPSA) is 68.0 Å². The number of nitrogens with one attached hydrogen (secondary N) is 1.